The number of ether oxygens (including phenoxy) is 1. The molecule has 1 aromatic carbocycles. The van der Waals surface area contributed by atoms with Gasteiger partial charge in [0.1, 0.15) is 5.75 Å². The molecule has 3 aliphatic rings. The predicted octanol–water partition coefficient (Wildman–Crippen LogP) is 1.25. The van der Waals surface area contributed by atoms with E-state index in [4.69, 9.17) is 4.74 Å². The summed E-state index contributed by atoms with van der Waals surface area (Å²) in [7, 11) is -3.50. The second-order valence-electron chi connectivity index (χ2n) is 6.73. The molecule has 2 heterocycles. The molecule has 2 fully saturated rings. The third kappa shape index (κ3) is 2.69. The van der Waals surface area contributed by atoms with Crippen molar-refractivity contribution in [3.8, 4) is 5.75 Å². The summed E-state index contributed by atoms with van der Waals surface area (Å²) in [4.78, 5) is 14.4. The molecule has 0 atom stereocenters. The van der Waals surface area contributed by atoms with Crippen molar-refractivity contribution in [3.05, 3.63) is 23.8 Å². The van der Waals surface area contributed by atoms with Crippen LogP contribution in [-0.2, 0) is 21.2 Å². The van der Waals surface area contributed by atoms with Gasteiger partial charge in [0.15, 0.2) is 0 Å². The van der Waals surface area contributed by atoms with Crippen molar-refractivity contribution >= 4 is 15.9 Å². The fourth-order valence-corrected chi connectivity index (χ4v) is 5.01. The van der Waals surface area contributed by atoms with Crippen LogP contribution in [0.15, 0.2) is 23.1 Å². The Labute approximate surface area is 142 Å². The highest BCUT2D eigenvalue weighted by molar-refractivity contribution is 7.89. The van der Waals surface area contributed by atoms with Crippen LogP contribution in [0.4, 0.5) is 0 Å². The number of fused-ring (bicyclic) bond motifs is 1. The number of sulfonamides is 1. The zero-order chi connectivity index (χ0) is 16.7. The van der Waals surface area contributed by atoms with Gasteiger partial charge in [0.05, 0.1) is 11.5 Å². The van der Waals surface area contributed by atoms with Gasteiger partial charge >= 0.3 is 0 Å². The second-order valence-corrected chi connectivity index (χ2v) is 8.66. The van der Waals surface area contributed by atoms with E-state index >= 15 is 0 Å². The van der Waals surface area contributed by atoms with Gasteiger partial charge in [0.25, 0.3) is 0 Å². The van der Waals surface area contributed by atoms with Crippen molar-refractivity contribution < 1.29 is 17.9 Å². The standard InChI is InChI=1S/C17H22N2O4S/c20-17(13-2-1-3-13)18-7-9-19(10-8-18)24(21,22)15-4-5-16-14(12-15)6-11-23-16/h4-5,12-13H,1-3,6-11H2. The Kier molecular flexibility index (Phi) is 4.00. The zero-order valence-electron chi connectivity index (χ0n) is 13.6. The summed E-state index contributed by atoms with van der Waals surface area (Å²) in [6.45, 7) is 2.33. The minimum atomic E-state index is -3.50. The minimum absolute atomic E-state index is 0.171. The number of amides is 1. The Bertz CT molecular complexity index is 750. The maximum atomic E-state index is 12.8. The molecular weight excluding hydrogens is 328 g/mol. The predicted molar refractivity (Wildman–Crippen MR) is 88.3 cm³/mol. The van der Waals surface area contributed by atoms with Gasteiger partial charge in [-0.3, -0.25) is 4.79 Å². The average Bonchev–Trinajstić information content (AvgIpc) is 3.01. The average molecular weight is 350 g/mol. The van der Waals surface area contributed by atoms with Gasteiger partial charge in [-0.05, 0) is 36.6 Å². The highest BCUT2D eigenvalue weighted by Crippen LogP contribution is 2.30. The van der Waals surface area contributed by atoms with Crippen LogP contribution < -0.4 is 4.74 Å². The molecule has 130 valence electrons. The van der Waals surface area contributed by atoms with E-state index in [1.54, 1.807) is 18.2 Å². The van der Waals surface area contributed by atoms with Crippen molar-refractivity contribution in [2.24, 2.45) is 5.92 Å². The monoisotopic (exact) mass is 350 g/mol. The lowest BCUT2D eigenvalue weighted by Gasteiger charge is -2.37. The van der Waals surface area contributed by atoms with Gasteiger partial charge in [0.2, 0.25) is 15.9 Å². The van der Waals surface area contributed by atoms with Crippen LogP contribution in [-0.4, -0.2) is 56.3 Å². The van der Waals surface area contributed by atoms with Crippen molar-refractivity contribution in [2.75, 3.05) is 32.8 Å². The molecular formula is C17H22N2O4S. The maximum absolute atomic E-state index is 12.8. The van der Waals surface area contributed by atoms with Crippen LogP contribution in [0.25, 0.3) is 0 Å². The summed E-state index contributed by atoms with van der Waals surface area (Å²) in [6.07, 6.45) is 3.85. The number of carbonyl (C=O) groups excluding carboxylic acids is 1. The first-order valence-corrected chi connectivity index (χ1v) is 10.0. The van der Waals surface area contributed by atoms with E-state index in [1.807, 2.05) is 4.90 Å². The number of piperazine rings is 1. The quantitative estimate of drug-likeness (QED) is 0.823. The normalized spacial score (nSPS) is 21.9. The molecule has 2 aliphatic heterocycles. The third-order valence-corrected chi connectivity index (χ3v) is 7.20. The molecule has 0 N–H and O–H groups in total. The van der Waals surface area contributed by atoms with Gasteiger partial charge in [0, 0.05) is 38.5 Å². The first-order valence-electron chi connectivity index (χ1n) is 8.60. The molecule has 0 bridgehead atoms. The van der Waals surface area contributed by atoms with Crippen molar-refractivity contribution in [2.45, 2.75) is 30.6 Å². The highest BCUT2D eigenvalue weighted by Gasteiger charge is 2.34. The molecule has 1 saturated carbocycles. The maximum Gasteiger partial charge on any atom is 0.243 e. The van der Waals surface area contributed by atoms with E-state index < -0.39 is 10.0 Å². The SMILES string of the molecule is O=C(C1CCC1)N1CCN(S(=O)(=O)c2ccc3c(c2)CCO3)CC1. The molecule has 1 aliphatic carbocycles. The minimum Gasteiger partial charge on any atom is -0.493 e. The molecule has 0 radical (unpaired) electrons. The van der Waals surface area contributed by atoms with Crippen molar-refractivity contribution in [1.29, 1.82) is 0 Å². The topological polar surface area (TPSA) is 66.9 Å². The van der Waals surface area contributed by atoms with Crippen LogP contribution in [0, 0.1) is 5.92 Å². The number of hydrogen-bond acceptors (Lipinski definition) is 4. The number of rotatable bonds is 3. The van der Waals surface area contributed by atoms with Gasteiger partial charge < -0.3 is 9.64 Å². The van der Waals surface area contributed by atoms with Crippen LogP contribution in [0.5, 0.6) is 5.75 Å². The van der Waals surface area contributed by atoms with E-state index in [9.17, 15) is 13.2 Å². The van der Waals surface area contributed by atoms with Crippen LogP contribution in [0.3, 0.4) is 0 Å². The lowest BCUT2D eigenvalue weighted by Crippen LogP contribution is -2.52. The van der Waals surface area contributed by atoms with Gasteiger partial charge in [-0.2, -0.15) is 4.31 Å². The summed E-state index contributed by atoms with van der Waals surface area (Å²) in [6, 6.07) is 5.08. The van der Waals surface area contributed by atoms with E-state index in [0.29, 0.717) is 37.7 Å². The number of carbonyl (C=O) groups is 1. The van der Waals surface area contributed by atoms with Crippen LogP contribution >= 0.6 is 0 Å². The Morgan fingerprint density at radius 2 is 1.88 bits per heavy atom. The molecule has 0 spiro atoms. The molecule has 0 unspecified atom stereocenters. The third-order valence-electron chi connectivity index (χ3n) is 5.30. The fourth-order valence-electron chi connectivity index (χ4n) is 3.53. The lowest BCUT2D eigenvalue weighted by molar-refractivity contribution is -0.139. The molecule has 1 saturated heterocycles. The lowest BCUT2D eigenvalue weighted by atomic mass is 9.84. The van der Waals surface area contributed by atoms with E-state index in [0.717, 1.165) is 37.0 Å². The van der Waals surface area contributed by atoms with Crippen molar-refractivity contribution in [1.82, 2.24) is 9.21 Å². The highest BCUT2D eigenvalue weighted by atomic mass is 32.2. The molecule has 4 rings (SSSR count). The van der Waals surface area contributed by atoms with E-state index in [-0.39, 0.29) is 11.8 Å². The fraction of sp³-hybridized carbons (Fsp3) is 0.588. The molecule has 6 nitrogen and oxygen atoms in total. The summed E-state index contributed by atoms with van der Waals surface area (Å²) in [5.74, 6) is 1.16. The number of hydrogen-bond donors (Lipinski definition) is 0. The van der Waals surface area contributed by atoms with Gasteiger partial charge in [-0.25, -0.2) is 8.42 Å². The van der Waals surface area contributed by atoms with Crippen molar-refractivity contribution in [3.63, 3.8) is 0 Å². The summed E-state index contributed by atoms with van der Waals surface area (Å²) >= 11 is 0. The molecule has 0 aromatic heterocycles. The van der Waals surface area contributed by atoms with E-state index in [1.165, 1.54) is 4.31 Å². The van der Waals surface area contributed by atoms with Crippen LogP contribution in [0.1, 0.15) is 24.8 Å². The Balaban J connectivity index is 1.45. The Morgan fingerprint density at radius 1 is 1.12 bits per heavy atom. The summed E-state index contributed by atoms with van der Waals surface area (Å²) in [5, 5.41) is 0. The van der Waals surface area contributed by atoms with E-state index in [2.05, 4.69) is 0 Å². The molecule has 1 aromatic rings. The summed E-state index contributed by atoms with van der Waals surface area (Å²) < 4.78 is 32.6. The Hall–Kier alpha value is -1.60. The van der Waals surface area contributed by atoms with Gasteiger partial charge in [-0.15, -0.1) is 0 Å². The molecule has 24 heavy (non-hydrogen) atoms. The largest absolute Gasteiger partial charge is 0.493 e. The first-order chi connectivity index (χ1) is 11.6. The molecule has 7 heteroatoms. The first kappa shape index (κ1) is 15.9. The summed E-state index contributed by atoms with van der Waals surface area (Å²) in [5.41, 5.74) is 0.954. The number of nitrogens with zero attached hydrogens (tertiary/aromatic N) is 2. The Morgan fingerprint density at radius 3 is 2.54 bits per heavy atom. The van der Waals surface area contributed by atoms with Gasteiger partial charge in [-0.1, -0.05) is 6.42 Å². The number of benzene rings is 1. The second kappa shape index (κ2) is 6.04. The molecule has 1 amide bonds. The van der Waals surface area contributed by atoms with Crippen LogP contribution in [0.2, 0.25) is 0 Å². The zero-order valence-corrected chi connectivity index (χ0v) is 14.4. The smallest absolute Gasteiger partial charge is 0.243 e.